The molecule has 0 saturated heterocycles. The quantitative estimate of drug-likeness (QED) is 0.263. The first kappa shape index (κ1) is 25.4. The van der Waals surface area contributed by atoms with Crippen molar-refractivity contribution in [2.45, 2.75) is 62.7 Å². The smallest absolute Gasteiger partial charge is 0.416 e. The molecular formula is C24H27F4NO3S. The minimum Gasteiger partial charge on any atom is -0.482 e. The number of nitrogens with zero attached hydrogens (tertiary/aromatic N) is 1. The third kappa shape index (κ3) is 6.86. The maximum absolute atomic E-state index is 13.8. The number of hydrogen-bond donors (Lipinski definition) is 0. The molecule has 0 fully saturated rings. The van der Waals surface area contributed by atoms with Gasteiger partial charge in [-0.2, -0.15) is 13.2 Å². The Labute approximate surface area is 195 Å². The number of ether oxygens (including phenoxy) is 2. The van der Waals surface area contributed by atoms with Crippen LogP contribution in [0.3, 0.4) is 0 Å². The van der Waals surface area contributed by atoms with Gasteiger partial charge in [-0.3, -0.25) is 0 Å². The number of carbonyl (C=O) groups excluding carboxylic acids is 1. The molecule has 9 heteroatoms. The molecular weight excluding hydrogens is 458 g/mol. The number of fused-ring (bicyclic) bond motifs is 1. The van der Waals surface area contributed by atoms with Gasteiger partial charge < -0.3 is 9.47 Å². The second kappa shape index (κ2) is 9.93. The summed E-state index contributed by atoms with van der Waals surface area (Å²) in [4.78, 5) is 12.2. The number of halogens is 4. The second-order valence-electron chi connectivity index (χ2n) is 8.92. The van der Waals surface area contributed by atoms with Crippen LogP contribution in [0.1, 0.15) is 56.3 Å². The van der Waals surface area contributed by atoms with Crippen LogP contribution in [-0.4, -0.2) is 29.5 Å². The predicted octanol–water partition coefficient (Wildman–Crippen LogP) is 6.58. The van der Waals surface area contributed by atoms with Crippen LogP contribution in [-0.2, 0) is 22.1 Å². The van der Waals surface area contributed by atoms with Crippen molar-refractivity contribution in [1.29, 1.82) is 0 Å². The summed E-state index contributed by atoms with van der Waals surface area (Å²) < 4.78 is 65.9. The molecule has 180 valence electrons. The highest BCUT2D eigenvalue weighted by Crippen LogP contribution is 2.42. The van der Waals surface area contributed by atoms with Crippen molar-refractivity contribution in [3.8, 4) is 5.75 Å². The fourth-order valence-electron chi connectivity index (χ4n) is 3.82. The third-order valence-corrected chi connectivity index (χ3v) is 6.07. The van der Waals surface area contributed by atoms with Crippen molar-refractivity contribution in [3.05, 3.63) is 58.9 Å². The summed E-state index contributed by atoms with van der Waals surface area (Å²) in [5.41, 5.74) is 0.315. The average Bonchev–Trinajstić information content (AvgIpc) is 2.69. The molecule has 0 N–H and O–H groups in total. The Morgan fingerprint density at radius 1 is 1.18 bits per heavy atom. The summed E-state index contributed by atoms with van der Waals surface area (Å²) in [5, 5.41) is 0. The Hall–Kier alpha value is -2.26. The highest BCUT2D eigenvalue weighted by Gasteiger charge is 2.32. The lowest BCUT2D eigenvalue weighted by molar-refractivity contribution is -0.157. The molecule has 3 rings (SSSR count). The molecule has 33 heavy (non-hydrogen) atoms. The van der Waals surface area contributed by atoms with Gasteiger partial charge in [-0.15, -0.1) is 0 Å². The van der Waals surface area contributed by atoms with E-state index in [0.29, 0.717) is 11.8 Å². The van der Waals surface area contributed by atoms with E-state index in [9.17, 15) is 22.4 Å². The van der Waals surface area contributed by atoms with Gasteiger partial charge in [0.25, 0.3) is 0 Å². The monoisotopic (exact) mass is 485 g/mol. The summed E-state index contributed by atoms with van der Waals surface area (Å²) in [7, 11) is 1.77. The zero-order valence-corrected chi connectivity index (χ0v) is 19.8. The number of hydrogen-bond acceptors (Lipinski definition) is 5. The lowest BCUT2D eigenvalue weighted by atomic mass is 9.87. The van der Waals surface area contributed by atoms with Gasteiger partial charge in [0.05, 0.1) is 5.56 Å². The topological polar surface area (TPSA) is 38.8 Å². The molecule has 1 atom stereocenters. The molecule has 0 heterocycles. The molecule has 2 aromatic rings. The molecule has 2 aromatic carbocycles. The Balaban J connectivity index is 1.77. The lowest BCUT2D eigenvalue weighted by Crippen LogP contribution is -2.28. The molecule has 0 saturated carbocycles. The van der Waals surface area contributed by atoms with Gasteiger partial charge in [0.15, 0.2) is 6.61 Å². The number of esters is 1. The van der Waals surface area contributed by atoms with Crippen LogP contribution in [0.5, 0.6) is 5.75 Å². The molecule has 0 aliphatic heterocycles. The third-order valence-electron chi connectivity index (χ3n) is 5.09. The molecule has 0 spiro atoms. The van der Waals surface area contributed by atoms with Gasteiger partial charge in [0.2, 0.25) is 0 Å². The summed E-state index contributed by atoms with van der Waals surface area (Å²) in [6.07, 6.45) is -2.24. The van der Waals surface area contributed by atoms with E-state index < -0.39 is 29.1 Å². The maximum Gasteiger partial charge on any atom is 0.416 e. The van der Waals surface area contributed by atoms with E-state index in [1.165, 1.54) is 0 Å². The van der Waals surface area contributed by atoms with Crippen LogP contribution in [0.4, 0.5) is 17.6 Å². The fraction of sp³-hybridized carbons (Fsp3) is 0.458. The van der Waals surface area contributed by atoms with E-state index in [1.54, 1.807) is 33.9 Å². The largest absolute Gasteiger partial charge is 0.482 e. The summed E-state index contributed by atoms with van der Waals surface area (Å²) >= 11 is 1.07. The first-order valence-electron chi connectivity index (χ1n) is 10.6. The number of carbonyl (C=O) groups is 1. The highest BCUT2D eigenvalue weighted by molar-refractivity contribution is 7.97. The lowest BCUT2D eigenvalue weighted by Gasteiger charge is -2.33. The van der Waals surface area contributed by atoms with Crippen molar-refractivity contribution in [2.75, 3.05) is 13.7 Å². The second-order valence-corrected chi connectivity index (χ2v) is 10.1. The standard InChI is InChI=1S/C24H27F4NO3S/c1-23(2,3)32-22(30)14-31-21-10-6-7-18-19(21)8-5-9-20(18)29(4)33-17-12-15(24(26,27)28)11-16(25)13-17/h6-7,10-13,20H,5,8-9,14H2,1-4H3. The molecule has 4 nitrogen and oxygen atoms in total. The first-order valence-corrected chi connectivity index (χ1v) is 11.4. The summed E-state index contributed by atoms with van der Waals surface area (Å²) in [6.45, 7) is 5.13. The maximum atomic E-state index is 13.8. The van der Waals surface area contributed by atoms with Gasteiger partial charge in [-0.05, 0) is 94.4 Å². The van der Waals surface area contributed by atoms with E-state index in [0.717, 1.165) is 54.5 Å². The van der Waals surface area contributed by atoms with E-state index in [4.69, 9.17) is 9.47 Å². The Morgan fingerprint density at radius 3 is 2.58 bits per heavy atom. The highest BCUT2D eigenvalue weighted by atomic mass is 32.2. The fourth-order valence-corrected chi connectivity index (χ4v) is 4.84. The molecule has 0 radical (unpaired) electrons. The van der Waals surface area contributed by atoms with Crippen molar-refractivity contribution in [3.63, 3.8) is 0 Å². The minimum absolute atomic E-state index is 0.110. The number of benzene rings is 2. The SMILES string of the molecule is CN(Sc1cc(F)cc(C(F)(F)F)c1)C1CCCc2c(OCC(=O)OC(C)(C)C)cccc21. The van der Waals surface area contributed by atoms with Gasteiger partial charge in [0.1, 0.15) is 17.2 Å². The summed E-state index contributed by atoms with van der Waals surface area (Å²) in [5.74, 6) is -0.805. The van der Waals surface area contributed by atoms with Crippen LogP contribution in [0.15, 0.2) is 41.3 Å². The van der Waals surface area contributed by atoms with E-state index in [-0.39, 0.29) is 17.5 Å². The van der Waals surface area contributed by atoms with Crippen molar-refractivity contribution in [2.24, 2.45) is 0 Å². The molecule has 0 bridgehead atoms. The minimum atomic E-state index is -4.62. The molecule has 1 aliphatic rings. The first-order chi connectivity index (χ1) is 15.3. The van der Waals surface area contributed by atoms with Gasteiger partial charge in [-0.25, -0.2) is 13.5 Å². The van der Waals surface area contributed by atoms with Crippen molar-refractivity contribution < 1.29 is 31.8 Å². The average molecular weight is 486 g/mol. The molecule has 0 aromatic heterocycles. The zero-order valence-electron chi connectivity index (χ0n) is 19.0. The summed E-state index contributed by atoms with van der Waals surface area (Å²) in [6, 6.07) is 8.00. The molecule has 1 aliphatic carbocycles. The van der Waals surface area contributed by atoms with E-state index >= 15 is 0 Å². The Morgan fingerprint density at radius 2 is 1.91 bits per heavy atom. The molecule has 0 amide bonds. The van der Waals surface area contributed by atoms with Gasteiger partial charge in [0, 0.05) is 10.9 Å². The van der Waals surface area contributed by atoms with Crippen molar-refractivity contribution in [1.82, 2.24) is 4.31 Å². The van der Waals surface area contributed by atoms with Gasteiger partial charge >= 0.3 is 12.1 Å². The Kier molecular flexibility index (Phi) is 7.63. The van der Waals surface area contributed by atoms with Crippen LogP contribution >= 0.6 is 11.9 Å². The Bertz CT molecular complexity index is 1000. The normalized spacial score (nSPS) is 16.5. The van der Waals surface area contributed by atoms with Crippen LogP contribution in [0.25, 0.3) is 0 Å². The van der Waals surface area contributed by atoms with Crippen LogP contribution < -0.4 is 4.74 Å². The van der Waals surface area contributed by atoms with Crippen LogP contribution in [0, 0.1) is 5.82 Å². The van der Waals surface area contributed by atoms with E-state index in [1.807, 2.05) is 16.4 Å². The number of rotatable bonds is 6. The molecule has 1 unspecified atom stereocenters. The van der Waals surface area contributed by atoms with Crippen LogP contribution in [0.2, 0.25) is 0 Å². The van der Waals surface area contributed by atoms with Crippen molar-refractivity contribution >= 4 is 17.9 Å². The number of alkyl halides is 3. The van der Waals surface area contributed by atoms with E-state index in [2.05, 4.69) is 0 Å². The zero-order chi connectivity index (χ0) is 24.4. The van der Waals surface area contributed by atoms with Gasteiger partial charge in [-0.1, -0.05) is 12.1 Å². The predicted molar refractivity (Wildman–Crippen MR) is 118 cm³/mol.